The number of benzene rings is 1. The van der Waals surface area contributed by atoms with Gasteiger partial charge < -0.3 is 15.2 Å². The van der Waals surface area contributed by atoms with Crippen molar-refractivity contribution in [3.05, 3.63) is 29.8 Å². The standard InChI is InChI=1S/C15H19NO5/c1-11(17)21-13-8-5-4-7-12(13)15(20)16-10-6-2-3-9-14(18)19/h4-5,7-8H,2-3,6,9-10H2,1H3,(H,16,20)(H,18,19). The molecule has 1 aromatic rings. The van der Waals surface area contributed by atoms with Crippen LogP contribution in [0.25, 0.3) is 0 Å². The first-order chi connectivity index (χ1) is 10.0. The average Bonchev–Trinajstić information content (AvgIpc) is 2.42. The van der Waals surface area contributed by atoms with Crippen molar-refractivity contribution >= 4 is 17.8 Å². The third-order valence-electron chi connectivity index (χ3n) is 2.74. The molecule has 0 atom stereocenters. The Bertz CT molecular complexity index is 513. The lowest BCUT2D eigenvalue weighted by atomic mass is 10.1. The molecule has 0 saturated heterocycles. The van der Waals surface area contributed by atoms with Gasteiger partial charge in [-0.05, 0) is 25.0 Å². The lowest BCUT2D eigenvalue weighted by Crippen LogP contribution is -2.25. The molecular formula is C15H19NO5. The fourth-order valence-electron chi connectivity index (χ4n) is 1.77. The summed E-state index contributed by atoms with van der Waals surface area (Å²) < 4.78 is 4.97. The predicted octanol–water partition coefficient (Wildman–Crippen LogP) is 1.99. The SMILES string of the molecule is CC(=O)Oc1ccccc1C(=O)NCCCCCC(=O)O. The van der Waals surface area contributed by atoms with Crippen LogP contribution in [-0.2, 0) is 9.59 Å². The highest BCUT2D eigenvalue weighted by Gasteiger charge is 2.12. The average molecular weight is 293 g/mol. The van der Waals surface area contributed by atoms with E-state index in [0.29, 0.717) is 24.9 Å². The molecule has 6 heteroatoms. The number of carbonyl (C=O) groups excluding carboxylic acids is 2. The molecule has 1 aromatic carbocycles. The summed E-state index contributed by atoms with van der Waals surface area (Å²) in [6.07, 6.45) is 2.17. The summed E-state index contributed by atoms with van der Waals surface area (Å²) >= 11 is 0. The second-order valence-electron chi connectivity index (χ2n) is 4.55. The van der Waals surface area contributed by atoms with Crippen LogP contribution in [0.3, 0.4) is 0 Å². The van der Waals surface area contributed by atoms with E-state index in [0.717, 1.165) is 6.42 Å². The van der Waals surface area contributed by atoms with E-state index in [1.165, 1.54) is 6.92 Å². The third-order valence-corrected chi connectivity index (χ3v) is 2.74. The maximum Gasteiger partial charge on any atom is 0.308 e. The lowest BCUT2D eigenvalue weighted by molar-refractivity contribution is -0.137. The van der Waals surface area contributed by atoms with E-state index in [1.807, 2.05) is 0 Å². The number of unbranched alkanes of at least 4 members (excludes halogenated alkanes) is 2. The smallest absolute Gasteiger partial charge is 0.308 e. The second kappa shape index (κ2) is 8.73. The number of amides is 1. The Labute approximate surface area is 123 Å². The monoisotopic (exact) mass is 293 g/mol. The van der Waals surface area contributed by atoms with E-state index >= 15 is 0 Å². The highest BCUT2D eigenvalue weighted by molar-refractivity contribution is 5.97. The molecule has 0 aliphatic heterocycles. The summed E-state index contributed by atoms with van der Waals surface area (Å²) in [6, 6.07) is 6.51. The summed E-state index contributed by atoms with van der Waals surface area (Å²) in [5.74, 6) is -1.38. The van der Waals surface area contributed by atoms with E-state index in [2.05, 4.69) is 5.32 Å². The molecule has 0 unspecified atom stereocenters. The summed E-state index contributed by atoms with van der Waals surface area (Å²) in [6.45, 7) is 1.73. The minimum absolute atomic E-state index is 0.142. The third kappa shape index (κ3) is 6.56. The van der Waals surface area contributed by atoms with E-state index in [9.17, 15) is 14.4 Å². The number of ether oxygens (including phenoxy) is 1. The number of para-hydroxylation sites is 1. The number of hydrogen-bond acceptors (Lipinski definition) is 4. The normalized spacial score (nSPS) is 9.95. The minimum atomic E-state index is -0.811. The highest BCUT2D eigenvalue weighted by Crippen LogP contribution is 2.17. The number of carboxylic acid groups (broad SMARTS) is 1. The van der Waals surface area contributed by atoms with Gasteiger partial charge in [-0.15, -0.1) is 0 Å². The number of aliphatic carboxylic acids is 1. The summed E-state index contributed by atoms with van der Waals surface area (Å²) in [5, 5.41) is 11.2. The van der Waals surface area contributed by atoms with Gasteiger partial charge >= 0.3 is 11.9 Å². The molecule has 0 aliphatic carbocycles. The molecule has 0 aliphatic rings. The molecule has 0 saturated carbocycles. The first-order valence-electron chi connectivity index (χ1n) is 6.78. The summed E-state index contributed by atoms with van der Waals surface area (Å²) in [5.41, 5.74) is 0.304. The van der Waals surface area contributed by atoms with Crippen LogP contribution in [0.2, 0.25) is 0 Å². The number of nitrogens with one attached hydrogen (secondary N) is 1. The molecule has 0 fully saturated rings. The molecule has 1 amide bonds. The second-order valence-corrected chi connectivity index (χ2v) is 4.55. The Kier molecular flexibility index (Phi) is 6.94. The molecule has 2 N–H and O–H groups in total. The zero-order valence-electron chi connectivity index (χ0n) is 11.9. The van der Waals surface area contributed by atoms with Crippen molar-refractivity contribution in [1.29, 1.82) is 0 Å². The van der Waals surface area contributed by atoms with Crippen LogP contribution >= 0.6 is 0 Å². The number of esters is 1. The van der Waals surface area contributed by atoms with Gasteiger partial charge in [0, 0.05) is 19.9 Å². The van der Waals surface area contributed by atoms with Crippen LogP contribution in [0.1, 0.15) is 43.0 Å². The topological polar surface area (TPSA) is 92.7 Å². The van der Waals surface area contributed by atoms with E-state index in [4.69, 9.17) is 9.84 Å². The van der Waals surface area contributed by atoms with Crippen LogP contribution in [-0.4, -0.2) is 29.5 Å². The zero-order valence-corrected chi connectivity index (χ0v) is 11.9. The fraction of sp³-hybridized carbons (Fsp3) is 0.400. The summed E-state index contributed by atoms with van der Waals surface area (Å²) in [7, 11) is 0. The van der Waals surface area contributed by atoms with Gasteiger partial charge in [-0.3, -0.25) is 14.4 Å². The Morgan fingerprint density at radius 2 is 1.86 bits per heavy atom. The van der Waals surface area contributed by atoms with Crippen LogP contribution in [0.5, 0.6) is 5.75 Å². The van der Waals surface area contributed by atoms with Crippen LogP contribution in [0, 0.1) is 0 Å². The Morgan fingerprint density at radius 1 is 1.14 bits per heavy atom. The van der Waals surface area contributed by atoms with Crippen LogP contribution in [0.15, 0.2) is 24.3 Å². The predicted molar refractivity (Wildman–Crippen MR) is 76.2 cm³/mol. The molecule has 0 radical (unpaired) electrons. The van der Waals surface area contributed by atoms with Gasteiger partial charge in [0.15, 0.2) is 0 Å². The first-order valence-corrected chi connectivity index (χ1v) is 6.78. The highest BCUT2D eigenvalue weighted by atomic mass is 16.5. The molecule has 114 valence electrons. The molecule has 0 bridgehead atoms. The molecule has 0 heterocycles. The number of rotatable bonds is 8. The summed E-state index contributed by atoms with van der Waals surface area (Å²) in [4.78, 5) is 33.3. The van der Waals surface area contributed by atoms with Crippen molar-refractivity contribution in [3.63, 3.8) is 0 Å². The van der Waals surface area contributed by atoms with Gasteiger partial charge in [0.2, 0.25) is 0 Å². The van der Waals surface area contributed by atoms with Crippen LogP contribution in [0.4, 0.5) is 0 Å². The van der Waals surface area contributed by atoms with E-state index in [-0.39, 0.29) is 18.1 Å². The van der Waals surface area contributed by atoms with E-state index < -0.39 is 11.9 Å². The quantitative estimate of drug-likeness (QED) is 0.434. The van der Waals surface area contributed by atoms with Crippen molar-refractivity contribution in [2.45, 2.75) is 32.6 Å². The van der Waals surface area contributed by atoms with E-state index in [1.54, 1.807) is 24.3 Å². The van der Waals surface area contributed by atoms with Crippen molar-refractivity contribution in [3.8, 4) is 5.75 Å². The van der Waals surface area contributed by atoms with Gasteiger partial charge in [-0.1, -0.05) is 18.6 Å². The van der Waals surface area contributed by atoms with Gasteiger partial charge in [-0.25, -0.2) is 0 Å². The molecule has 0 spiro atoms. The molecule has 21 heavy (non-hydrogen) atoms. The van der Waals surface area contributed by atoms with Gasteiger partial charge in [0.1, 0.15) is 5.75 Å². The van der Waals surface area contributed by atoms with Crippen molar-refractivity contribution < 1.29 is 24.2 Å². The Hall–Kier alpha value is -2.37. The van der Waals surface area contributed by atoms with Crippen molar-refractivity contribution in [1.82, 2.24) is 5.32 Å². The molecular weight excluding hydrogens is 274 g/mol. The Morgan fingerprint density at radius 3 is 2.52 bits per heavy atom. The largest absolute Gasteiger partial charge is 0.481 e. The fourth-order valence-corrected chi connectivity index (χ4v) is 1.77. The molecule has 1 rings (SSSR count). The van der Waals surface area contributed by atoms with Crippen molar-refractivity contribution in [2.24, 2.45) is 0 Å². The lowest BCUT2D eigenvalue weighted by Gasteiger charge is -2.09. The Balaban J connectivity index is 2.41. The minimum Gasteiger partial charge on any atom is -0.481 e. The number of carboxylic acids is 1. The van der Waals surface area contributed by atoms with Gasteiger partial charge in [0.25, 0.3) is 5.91 Å². The first kappa shape index (κ1) is 16.7. The van der Waals surface area contributed by atoms with Gasteiger partial charge in [0.05, 0.1) is 5.56 Å². The van der Waals surface area contributed by atoms with Crippen LogP contribution < -0.4 is 10.1 Å². The maximum absolute atomic E-state index is 12.0. The molecule has 6 nitrogen and oxygen atoms in total. The number of carbonyl (C=O) groups is 3. The van der Waals surface area contributed by atoms with Gasteiger partial charge in [-0.2, -0.15) is 0 Å². The maximum atomic E-state index is 12.0. The van der Waals surface area contributed by atoms with Crippen molar-refractivity contribution in [2.75, 3.05) is 6.54 Å². The molecule has 0 aromatic heterocycles. The zero-order chi connectivity index (χ0) is 15.7. The number of hydrogen-bond donors (Lipinski definition) is 2.